The molecule has 7 heteroatoms. The molecular weight excluding hydrogens is 487 g/mol. The number of fused-ring (bicyclic) bond motifs is 1. The normalized spacial score (nSPS) is 15.9. The van der Waals surface area contributed by atoms with Crippen LogP contribution in [0.1, 0.15) is 30.9 Å². The molecule has 0 radical (unpaired) electrons. The van der Waals surface area contributed by atoms with Crippen LogP contribution in [0, 0.1) is 6.92 Å². The first kappa shape index (κ1) is 24.9. The van der Waals surface area contributed by atoms with Crippen molar-refractivity contribution in [2.45, 2.75) is 33.1 Å². The van der Waals surface area contributed by atoms with Crippen molar-refractivity contribution < 1.29 is 0 Å². The third-order valence-corrected chi connectivity index (χ3v) is 5.94. The molecule has 0 aliphatic carbocycles. The van der Waals surface area contributed by atoms with Gasteiger partial charge in [-0.15, -0.1) is 24.0 Å². The predicted octanol–water partition coefficient (Wildman–Crippen LogP) is 3.22. The fourth-order valence-electron chi connectivity index (χ4n) is 4.04. The van der Waals surface area contributed by atoms with Crippen molar-refractivity contribution in [3.8, 4) is 0 Å². The lowest BCUT2D eigenvalue weighted by Crippen LogP contribution is -2.46. The van der Waals surface area contributed by atoms with Gasteiger partial charge in [0.2, 0.25) is 0 Å². The Hall–Kier alpha value is -1.32. The van der Waals surface area contributed by atoms with Gasteiger partial charge in [-0.2, -0.15) is 0 Å². The van der Waals surface area contributed by atoms with E-state index in [-0.39, 0.29) is 24.0 Å². The minimum Gasteiger partial charge on any atom is -0.361 e. The topological polar surface area (TPSA) is 58.7 Å². The molecule has 2 heterocycles. The molecule has 1 aromatic carbocycles. The maximum Gasteiger partial charge on any atom is 0.190 e. The molecule has 0 bridgehead atoms. The maximum atomic E-state index is 4.36. The Morgan fingerprint density at radius 1 is 1.07 bits per heavy atom. The van der Waals surface area contributed by atoms with Gasteiger partial charge in [-0.1, -0.05) is 19.1 Å². The molecule has 1 aromatic heterocycles. The van der Waals surface area contributed by atoms with Gasteiger partial charge in [0, 0.05) is 63.4 Å². The SMILES string of the molecule is CCN1CCN(CCCCNC(=NC)NCCc2c[nH]c3cc(C)ccc23)CC1.I. The Bertz CT molecular complexity index is 779. The number of rotatable bonds is 9. The largest absolute Gasteiger partial charge is 0.361 e. The number of hydrogen-bond acceptors (Lipinski definition) is 3. The second-order valence-electron chi connectivity index (χ2n) is 8.02. The number of hydrogen-bond donors (Lipinski definition) is 3. The number of likely N-dealkylation sites (N-methyl/N-ethyl adjacent to an activating group) is 1. The minimum absolute atomic E-state index is 0. The van der Waals surface area contributed by atoms with Crippen molar-refractivity contribution in [2.75, 3.05) is 59.4 Å². The van der Waals surface area contributed by atoms with Crippen LogP contribution in [0.2, 0.25) is 0 Å². The van der Waals surface area contributed by atoms with Crippen molar-refractivity contribution in [3.05, 3.63) is 35.5 Å². The molecule has 1 saturated heterocycles. The Morgan fingerprint density at radius 2 is 1.80 bits per heavy atom. The summed E-state index contributed by atoms with van der Waals surface area (Å²) in [6.45, 7) is 13.5. The molecule has 0 amide bonds. The molecular formula is C23H39IN6. The van der Waals surface area contributed by atoms with Crippen LogP contribution in [0.15, 0.2) is 29.4 Å². The zero-order valence-electron chi connectivity index (χ0n) is 18.8. The number of aromatic nitrogens is 1. The van der Waals surface area contributed by atoms with Gasteiger partial charge in [0.15, 0.2) is 5.96 Å². The summed E-state index contributed by atoms with van der Waals surface area (Å²) in [6.07, 6.45) is 5.52. The molecule has 168 valence electrons. The molecule has 0 spiro atoms. The Kier molecular flexibility index (Phi) is 11.0. The monoisotopic (exact) mass is 526 g/mol. The molecule has 2 aromatic rings. The molecule has 1 fully saturated rings. The van der Waals surface area contributed by atoms with Gasteiger partial charge in [-0.25, -0.2) is 0 Å². The van der Waals surface area contributed by atoms with Crippen LogP contribution in [-0.2, 0) is 6.42 Å². The molecule has 0 atom stereocenters. The highest BCUT2D eigenvalue weighted by atomic mass is 127. The average molecular weight is 527 g/mol. The van der Waals surface area contributed by atoms with Gasteiger partial charge in [0.25, 0.3) is 0 Å². The van der Waals surface area contributed by atoms with E-state index >= 15 is 0 Å². The van der Waals surface area contributed by atoms with Crippen LogP contribution in [0.4, 0.5) is 0 Å². The van der Waals surface area contributed by atoms with E-state index in [1.54, 1.807) is 0 Å². The summed E-state index contributed by atoms with van der Waals surface area (Å²) >= 11 is 0. The first-order valence-corrected chi connectivity index (χ1v) is 11.2. The minimum atomic E-state index is 0. The van der Waals surface area contributed by atoms with Crippen molar-refractivity contribution in [1.29, 1.82) is 0 Å². The van der Waals surface area contributed by atoms with E-state index in [4.69, 9.17) is 0 Å². The molecule has 3 rings (SSSR count). The quantitative estimate of drug-likeness (QED) is 0.203. The highest BCUT2D eigenvalue weighted by Gasteiger charge is 2.14. The fourth-order valence-corrected chi connectivity index (χ4v) is 4.04. The van der Waals surface area contributed by atoms with Crippen LogP contribution in [0.3, 0.4) is 0 Å². The molecule has 3 N–H and O–H groups in total. The molecule has 6 nitrogen and oxygen atoms in total. The summed E-state index contributed by atoms with van der Waals surface area (Å²) in [6, 6.07) is 6.60. The number of unbranched alkanes of at least 4 members (excludes halogenated alkanes) is 1. The highest BCUT2D eigenvalue weighted by Crippen LogP contribution is 2.19. The van der Waals surface area contributed by atoms with E-state index in [0.29, 0.717) is 0 Å². The number of aliphatic imine (C=N–C) groups is 1. The van der Waals surface area contributed by atoms with Crippen molar-refractivity contribution in [1.82, 2.24) is 25.4 Å². The number of nitrogens with zero attached hydrogens (tertiary/aromatic N) is 3. The summed E-state index contributed by atoms with van der Waals surface area (Å²) < 4.78 is 0. The number of halogens is 1. The van der Waals surface area contributed by atoms with Gasteiger partial charge < -0.3 is 25.4 Å². The number of guanidine groups is 1. The van der Waals surface area contributed by atoms with Gasteiger partial charge in [0.05, 0.1) is 0 Å². The second kappa shape index (κ2) is 13.2. The summed E-state index contributed by atoms with van der Waals surface area (Å²) in [5.41, 5.74) is 3.86. The number of H-pyrrole nitrogens is 1. The van der Waals surface area contributed by atoms with Crippen LogP contribution in [0.5, 0.6) is 0 Å². The summed E-state index contributed by atoms with van der Waals surface area (Å²) in [5, 5.41) is 8.22. The molecule has 30 heavy (non-hydrogen) atoms. The molecule has 0 unspecified atom stereocenters. The van der Waals surface area contributed by atoms with Crippen LogP contribution >= 0.6 is 24.0 Å². The zero-order chi connectivity index (χ0) is 20.5. The Balaban J connectivity index is 0.00000320. The number of aryl methyl sites for hydroxylation is 1. The summed E-state index contributed by atoms with van der Waals surface area (Å²) in [4.78, 5) is 12.9. The van der Waals surface area contributed by atoms with Gasteiger partial charge in [0.1, 0.15) is 0 Å². The van der Waals surface area contributed by atoms with Gasteiger partial charge in [-0.05, 0) is 56.5 Å². The van der Waals surface area contributed by atoms with E-state index in [9.17, 15) is 0 Å². The third kappa shape index (κ3) is 7.42. The fraction of sp³-hybridized carbons (Fsp3) is 0.609. The van der Waals surface area contributed by atoms with Gasteiger partial charge in [-0.3, -0.25) is 4.99 Å². The van der Waals surface area contributed by atoms with Crippen LogP contribution in [-0.4, -0.2) is 80.1 Å². The van der Waals surface area contributed by atoms with Crippen molar-refractivity contribution in [2.24, 2.45) is 4.99 Å². The lowest BCUT2D eigenvalue weighted by molar-refractivity contribution is 0.136. The van der Waals surface area contributed by atoms with E-state index in [2.05, 4.69) is 68.7 Å². The average Bonchev–Trinajstić information content (AvgIpc) is 3.14. The van der Waals surface area contributed by atoms with Crippen molar-refractivity contribution in [3.63, 3.8) is 0 Å². The number of piperazine rings is 1. The third-order valence-electron chi connectivity index (χ3n) is 5.94. The smallest absolute Gasteiger partial charge is 0.190 e. The number of benzene rings is 1. The van der Waals surface area contributed by atoms with Crippen molar-refractivity contribution >= 4 is 40.8 Å². The highest BCUT2D eigenvalue weighted by molar-refractivity contribution is 14.0. The summed E-state index contributed by atoms with van der Waals surface area (Å²) in [7, 11) is 1.84. The predicted molar refractivity (Wildman–Crippen MR) is 139 cm³/mol. The maximum absolute atomic E-state index is 4.36. The molecule has 1 aliphatic heterocycles. The number of nitrogens with one attached hydrogen (secondary N) is 3. The Labute approximate surface area is 198 Å². The first-order valence-electron chi connectivity index (χ1n) is 11.2. The van der Waals surface area contributed by atoms with Crippen LogP contribution in [0.25, 0.3) is 10.9 Å². The van der Waals surface area contributed by atoms with Crippen LogP contribution < -0.4 is 10.6 Å². The van der Waals surface area contributed by atoms with E-state index in [0.717, 1.165) is 25.5 Å². The number of aromatic amines is 1. The van der Waals surface area contributed by atoms with E-state index < -0.39 is 0 Å². The lowest BCUT2D eigenvalue weighted by Gasteiger charge is -2.34. The molecule has 0 saturated carbocycles. The second-order valence-corrected chi connectivity index (χ2v) is 8.02. The summed E-state index contributed by atoms with van der Waals surface area (Å²) in [5.74, 6) is 0.900. The Morgan fingerprint density at radius 3 is 2.53 bits per heavy atom. The van der Waals surface area contributed by atoms with E-state index in [1.165, 1.54) is 74.1 Å². The van der Waals surface area contributed by atoms with Gasteiger partial charge >= 0.3 is 0 Å². The molecule has 1 aliphatic rings. The lowest BCUT2D eigenvalue weighted by atomic mass is 10.1. The standard InChI is InChI=1S/C23H38N6.HI/c1-4-28-13-15-29(16-14-28)12-6-5-10-25-23(24-3)26-11-9-20-18-27-22-17-19(2)7-8-21(20)22;/h7-8,17-18,27H,4-6,9-16H2,1-3H3,(H2,24,25,26);1H. The first-order chi connectivity index (χ1) is 14.2. The zero-order valence-corrected chi connectivity index (χ0v) is 21.2. The van der Waals surface area contributed by atoms with E-state index in [1.807, 2.05) is 7.05 Å².